The Morgan fingerprint density at radius 1 is 1.38 bits per heavy atom. The summed E-state index contributed by atoms with van der Waals surface area (Å²) in [5, 5.41) is 6.38. The molecule has 1 saturated heterocycles. The Morgan fingerprint density at radius 2 is 2.19 bits per heavy atom. The van der Waals surface area contributed by atoms with Crippen molar-refractivity contribution in [3.8, 4) is 0 Å². The maximum Gasteiger partial charge on any atom is 0.221 e. The molecule has 0 aromatic heterocycles. The fourth-order valence-electron chi connectivity index (χ4n) is 2.23. The molecule has 0 aromatic carbocycles. The van der Waals surface area contributed by atoms with E-state index in [1.54, 1.807) is 0 Å². The van der Waals surface area contributed by atoms with Crippen molar-refractivity contribution in [3.05, 3.63) is 0 Å². The number of carbonyl (C=O) groups excluding carboxylic acids is 1. The standard InChI is InChI=1S/C12H23N3O/c1-15-8-2-3-11(15)9-14-12(16)6-7-13-10-4-5-10/h10-11,13H,2-9H2,1H3,(H,14,16). The molecule has 0 radical (unpaired) electrons. The van der Waals surface area contributed by atoms with Crippen LogP contribution in [0.15, 0.2) is 0 Å². The third kappa shape index (κ3) is 3.76. The van der Waals surface area contributed by atoms with Gasteiger partial charge in [-0.25, -0.2) is 0 Å². The molecular weight excluding hydrogens is 202 g/mol. The number of nitrogens with one attached hydrogen (secondary N) is 2. The second kappa shape index (κ2) is 5.64. The van der Waals surface area contributed by atoms with E-state index >= 15 is 0 Å². The van der Waals surface area contributed by atoms with Gasteiger partial charge >= 0.3 is 0 Å². The van der Waals surface area contributed by atoms with E-state index in [-0.39, 0.29) is 5.91 Å². The predicted molar refractivity (Wildman–Crippen MR) is 64.3 cm³/mol. The highest BCUT2D eigenvalue weighted by molar-refractivity contribution is 5.76. The van der Waals surface area contributed by atoms with Crippen molar-refractivity contribution in [1.29, 1.82) is 0 Å². The molecule has 2 N–H and O–H groups in total. The van der Waals surface area contributed by atoms with Crippen LogP contribution in [-0.4, -0.2) is 49.6 Å². The van der Waals surface area contributed by atoms with Crippen molar-refractivity contribution >= 4 is 5.91 Å². The summed E-state index contributed by atoms with van der Waals surface area (Å²) < 4.78 is 0. The summed E-state index contributed by atoms with van der Waals surface area (Å²) in [5.41, 5.74) is 0. The minimum Gasteiger partial charge on any atom is -0.354 e. The lowest BCUT2D eigenvalue weighted by atomic mass is 10.2. The molecule has 1 aliphatic heterocycles. The van der Waals surface area contributed by atoms with Gasteiger partial charge in [0.1, 0.15) is 0 Å². The molecular formula is C12H23N3O. The zero-order valence-electron chi connectivity index (χ0n) is 10.2. The highest BCUT2D eigenvalue weighted by atomic mass is 16.1. The zero-order chi connectivity index (χ0) is 11.4. The van der Waals surface area contributed by atoms with Crippen molar-refractivity contribution < 1.29 is 4.79 Å². The highest BCUT2D eigenvalue weighted by Gasteiger charge is 2.22. The van der Waals surface area contributed by atoms with E-state index in [1.807, 2.05) is 0 Å². The summed E-state index contributed by atoms with van der Waals surface area (Å²) in [6.07, 6.45) is 5.67. The summed E-state index contributed by atoms with van der Waals surface area (Å²) >= 11 is 0. The zero-order valence-corrected chi connectivity index (χ0v) is 10.2. The summed E-state index contributed by atoms with van der Waals surface area (Å²) in [5.74, 6) is 0.188. The molecule has 16 heavy (non-hydrogen) atoms. The van der Waals surface area contributed by atoms with Gasteiger partial charge in [-0.05, 0) is 39.3 Å². The summed E-state index contributed by atoms with van der Waals surface area (Å²) in [6.45, 7) is 2.82. The number of nitrogens with zero attached hydrogens (tertiary/aromatic N) is 1. The van der Waals surface area contributed by atoms with E-state index in [1.165, 1.54) is 32.2 Å². The molecule has 1 saturated carbocycles. The number of likely N-dealkylation sites (tertiary alicyclic amines) is 1. The first-order chi connectivity index (χ1) is 7.75. The van der Waals surface area contributed by atoms with Crippen LogP contribution in [-0.2, 0) is 4.79 Å². The van der Waals surface area contributed by atoms with Crippen LogP contribution in [0.1, 0.15) is 32.1 Å². The first-order valence-corrected chi connectivity index (χ1v) is 6.46. The molecule has 2 aliphatic rings. The topological polar surface area (TPSA) is 44.4 Å². The molecule has 1 amide bonds. The van der Waals surface area contributed by atoms with Crippen LogP contribution >= 0.6 is 0 Å². The maximum absolute atomic E-state index is 11.5. The van der Waals surface area contributed by atoms with Gasteiger partial charge in [-0.15, -0.1) is 0 Å². The van der Waals surface area contributed by atoms with Crippen molar-refractivity contribution in [2.45, 2.75) is 44.2 Å². The molecule has 1 unspecified atom stereocenters. The van der Waals surface area contributed by atoms with Gasteiger partial charge in [-0.3, -0.25) is 4.79 Å². The minimum absolute atomic E-state index is 0.188. The second-order valence-electron chi connectivity index (χ2n) is 5.06. The smallest absolute Gasteiger partial charge is 0.221 e. The molecule has 0 aromatic rings. The lowest BCUT2D eigenvalue weighted by molar-refractivity contribution is -0.121. The van der Waals surface area contributed by atoms with Crippen molar-refractivity contribution in [1.82, 2.24) is 15.5 Å². The molecule has 4 nitrogen and oxygen atoms in total. The average molecular weight is 225 g/mol. The van der Waals surface area contributed by atoms with Crippen molar-refractivity contribution in [3.63, 3.8) is 0 Å². The second-order valence-corrected chi connectivity index (χ2v) is 5.06. The number of carbonyl (C=O) groups is 1. The van der Waals surface area contributed by atoms with Crippen LogP contribution < -0.4 is 10.6 Å². The Kier molecular flexibility index (Phi) is 4.18. The Hall–Kier alpha value is -0.610. The molecule has 2 rings (SSSR count). The third-order valence-corrected chi connectivity index (χ3v) is 3.57. The quantitative estimate of drug-likeness (QED) is 0.685. The van der Waals surface area contributed by atoms with Gasteiger partial charge in [-0.1, -0.05) is 0 Å². The monoisotopic (exact) mass is 225 g/mol. The van der Waals surface area contributed by atoms with Gasteiger partial charge in [0.05, 0.1) is 0 Å². The molecule has 1 aliphatic carbocycles. The predicted octanol–water partition coefficient (Wildman–Crippen LogP) is 0.339. The largest absolute Gasteiger partial charge is 0.354 e. The molecule has 4 heteroatoms. The molecule has 92 valence electrons. The summed E-state index contributed by atoms with van der Waals surface area (Å²) in [7, 11) is 2.14. The summed E-state index contributed by atoms with van der Waals surface area (Å²) in [6, 6.07) is 1.26. The molecule has 1 atom stereocenters. The van der Waals surface area contributed by atoms with Crippen molar-refractivity contribution in [2.24, 2.45) is 0 Å². The van der Waals surface area contributed by atoms with Crippen LogP contribution in [0.25, 0.3) is 0 Å². The molecule has 2 fully saturated rings. The molecule has 0 spiro atoms. The van der Waals surface area contributed by atoms with E-state index in [4.69, 9.17) is 0 Å². The Bertz CT molecular complexity index is 240. The van der Waals surface area contributed by atoms with E-state index < -0.39 is 0 Å². The van der Waals surface area contributed by atoms with Gasteiger partial charge in [-0.2, -0.15) is 0 Å². The van der Waals surface area contributed by atoms with Crippen LogP contribution in [0.2, 0.25) is 0 Å². The normalized spacial score (nSPS) is 25.9. The lowest BCUT2D eigenvalue weighted by Crippen LogP contribution is -2.39. The van der Waals surface area contributed by atoms with Crippen LogP contribution in [0.5, 0.6) is 0 Å². The van der Waals surface area contributed by atoms with Gasteiger partial charge < -0.3 is 15.5 Å². The Labute approximate surface area is 97.8 Å². The van der Waals surface area contributed by atoms with E-state index in [0.29, 0.717) is 18.5 Å². The first-order valence-electron chi connectivity index (χ1n) is 6.46. The average Bonchev–Trinajstić information content (AvgIpc) is 2.99. The Balaban J connectivity index is 1.52. The van der Waals surface area contributed by atoms with E-state index in [9.17, 15) is 4.79 Å². The number of likely N-dealkylation sites (N-methyl/N-ethyl adjacent to an activating group) is 1. The third-order valence-electron chi connectivity index (χ3n) is 3.57. The fourth-order valence-corrected chi connectivity index (χ4v) is 2.23. The van der Waals surface area contributed by atoms with Crippen LogP contribution in [0, 0.1) is 0 Å². The summed E-state index contributed by atoms with van der Waals surface area (Å²) in [4.78, 5) is 13.9. The number of rotatable bonds is 6. The Morgan fingerprint density at radius 3 is 2.81 bits per heavy atom. The van der Waals surface area contributed by atoms with Gasteiger partial charge in [0.15, 0.2) is 0 Å². The van der Waals surface area contributed by atoms with Crippen LogP contribution in [0.3, 0.4) is 0 Å². The number of hydrogen-bond acceptors (Lipinski definition) is 3. The van der Waals surface area contributed by atoms with Gasteiger partial charge in [0, 0.05) is 31.6 Å². The highest BCUT2D eigenvalue weighted by Crippen LogP contribution is 2.18. The lowest BCUT2D eigenvalue weighted by Gasteiger charge is -2.19. The van der Waals surface area contributed by atoms with Crippen LogP contribution in [0.4, 0.5) is 0 Å². The van der Waals surface area contributed by atoms with Gasteiger partial charge in [0.25, 0.3) is 0 Å². The van der Waals surface area contributed by atoms with Crippen molar-refractivity contribution in [2.75, 3.05) is 26.7 Å². The minimum atomic E-state index is 0.188. The van der Waals surface area contributed by atoms with Gasteiger partial charge in [0.2, 0.25) is 5.91 Å². The molecule has 0 bridgehead atoms. The van der Waals surface area contributed by atoms with E-state index in [2.05, 4.69) is 22.6 Å². The SMILES string of the molecule is CN1CCCC1CNC(=O)CCNC1CC1. The molecule has 1 heterocycles. The number of amides is 1. The first kappa shape index (κ1) is 11.9. The number of hydrogen-bond donors (Lipinski definition) is 2. The van der Waals surface area contributed by atoms with E-state index in [0.717, 1.165) is 13.1 Å². The maximum atomic E-state index is 11.5. The fraction of sp³-hybridized carbons (Fsp3) is 0.917.